The molecule has 98 valence electrons. The summed E-state index contributed by atoms with van der Waals surface area (Å²) in [5.74, 6) is 0.266. The van der Waals surface area contributed by atoms with Gasteiger partial charge in [-0.3, -0.25) is 4.79 Å². The van der Waals surface area contributed by atoms with Crippen molar-refractivity contribution in [3.63, 3.8) is 0 Å². The van der Waals surface area contributed by atoms with Crippen molar-refractivity contribution < 1.29 is 4.79 Å². The van der Waals surface area contributed by atoms with Crippen LogP contribution in [0.5, 0.6) is 0 Å². The number of amides is 1. The highest BCUT2D eigenvalue weighted by Crippen LogP contribution is 2.25. The second-order valence-corrected chi connectivity index (χ2v) is 4.47. The van der Waals surface area contributed by atoms with Gasteiger partial charge < -0.3 is 10.6 Å². The molecule has 5 nitrogen and oxygen atoms in total. The Bertz CT molecular complexity index is 618. The van der Waals surface area contributed by atoms with Crippen LogP contribution in [0.25, 0.3) is 0 Å². The van der Waals surface area contributed by atoms with E-state index in [0.29, 0.717) is 16.5 Å². The standard InChI is InChI=1S/C12H10Cl2N4O/c1-7(19)16-8-3-2-4-9(5-8)17-11-10(13)6-15-12(14)18-11/h2-6H,1H3,(H,16,19)(H,15,17,18). The monoisotopic (exact) mass is 296 g/mol. The molecule has 0 bridgehead atoms. The Labute approximate surface area is 120 Å². The van der Waals surface area contributed by atoms with Gasteiger partial charge >= 0.3 is 0 Å². The highest BCUT2D eigenvalue weighted by molar-refractivity contribution is 6.33. The summed E-state index contributed by atoms with van der Waals surface area (Å²) in [5, 5.41) is 6.15. The molecule has 1 amide bonds. The molecule has 0 fully saturated rings. The third kappa shape index (κ3) is 3.81. The highest BCUT2D eigenvalue weighted by atomic mass is 35.5. The van der Waals surface area contributed by atoms with Gasteiger partial charge in [0.2, 0.25) is 11.2 Å². The van der Waals surface area contributed by atoms with E-state index in [0.717, 1.165) is 5.69 Å². The summed E-state index contributed by atoms with van der Waals surface area (Å²) < 4.78 is 0. The molecule has 2 rings (SSSR count). The summed E-state index contributed by atoms with van der Waals surface area (Å²) >= 11 is 11.7. The number of hydrogen-bond donors (Lipinski definition) is 2. The first-order valence-electron chi connectivity index (χ1n) is 5.37. The van der Waals surface area contributed by atoms with Crippen molar-refractivity contribution in [2.45, 2.75) is 6.92 Å². The largest absolute Gasteiger partial charge is 0.339 e. The smallest absolute Gasteiger partial charge is 0.224 e. The van der Waals surface area contributed by atoms with E-state index >= 15 is 0 Å². The van der Waals surface area contributed by atoms with Gasteiger partial charge in [-0.2, -0.15) is 4.98 Å². The molecule has 0 radical (unpaired) electrons. The van der Waals surface area contributed by atoms with Crippen LogP contribution >= 0.6 is 23.2 Å². The van der Waals surface area contributed by atoms with Gasteiger partial charge in [-0.15, -0.1) is 0 Å². The zero-order valence-corrected chi connectivity index (χ0v) is 11.5. The van der Waals surface area contributed by atoms with Crippen molar-refractivity contribution in [1.29, 1.82) is 0 Å². The van der Waals surface area contributed by atoms with E-state index in [4.69, 9.17) is 23.2 Å². The number of hydrogen-bond acceptors (Lipinski definition) is 4. The quantitative estimate of drug-likeness (QED) is 0.851. The lowest BCUT2D eigenvalue weighted by atomic mass is 10.2. The minimum absolute atomic E-state index is 0.102. The number of anilines is 3. The van der Waals surface area contributed by atoms with E-state index in [-0.39, 0.29) is 11.2 Å². The molecule has 1 aromatic heterocycles. The van der Waals surface area contributed by atoms with Gasteiger partial charge in [0, 0.05) is 18.3 Å². The lowest BCUT2D eigenvalue weighted by Crippen LogP contribution is -2.06. The molecule has 0 atom stereocenters. The second kappa shape index (κ2) is 5.86. The molecular formula is C12H10Cl2N4O. The predicted octanol–water partition coefficient (Wildman–Crippen LogP) is 3.49. The Balaban J connectivity index is 2.23. The zero-order chi connectivity index (χ0) is 13.8. The van der Waals surface area contributed by atoms with Crippen LogP contribution in [0.3, 0.4) is 0 Å². The fourth-order valence-corrected chi connectivity index (χ4v) is 1.72. The van der Waals surface area contributed by atoms with Crippen LogP contribution in [0.4, 0.5) is 17.2 Å². The van der Waals surface area contributed by atoms with Crippen molar-refractivity contribution in [2.75, 3.05) is 10.6 Å². The summed E-state index contributed by atoms with van der Waals surface area (Å²) in [6.45, 7) is 1.45. The Kier molecular flexibility index (Phi) is 4.19. The van der Waals surface area contributed by atoms with Crippen LogP contribution < -0.4 is 10.6 Å². The third-order valence-corrected chi connectivity index (χ3v) is 2.62. The first kappa shape index (κ1) is 13.6. The molecule has 19 heavy (non-hydrogen) atoms. The molecule has 0 spiro atoms. The van der Waals surface area contributed by atoms with Gasteiger partial charge in [-0.05, 0) is 29.8 Å². The maximum Gasteiger partial charge on any atom is 0.224 e. The lowest BCUT2D eigenvalue weighted by molar-refractivity contribution is -0.114. The maximum absolute atomic E-state index is 11.0. The van der Waals surface area contributed by atoms with Crippen LogP contribution in [0, 0.1) is 0 Å². The fourth-order valence-electron chi connectivity index (χ4n) is 1.45. The SMILES string of the molecule is CC(=O)Nc1cccc(Nc2nc(Cl)ncc2Cl)c1. The zero-order valence-electron chi connectivity index (χ0n) is 9.95. The summed E-state index contributed by atoms with van der Waals surface area (Å²) in [5.41, 5.74) is 1.40. The van der Waals surface area contributed by atoms with Crippen LogP contribution in [-0.4, -0.2) is 15.9 Å². The van der Waals surface area contributed by atoms with E-state index in [2.05, 4.69) is 20.6 Å². The van der Waals surface area contributed by atoms with E-state index in [9.17, 15) is 4.79 Å². The molecule has 0 saturated heterocycles. The molecule has 2 N–H and O–H groups in total. The third-order valence-electron chi connectivity index (χ3n) is 2.16. The first-order chi connectivity index (χ1) is 9.04. The number of carbonyl (C=O) groups is 1. The number of rotatable bonds is 3. The van der Waals surface area contributed by atoms with Crippen molar-refractivity contribution in [3.8, 4) is 0 Å². The van der Waals surface area contributed by atoms with E-state index in [1.165, 1.54) is 13.1 Å². The second-order valence-electron chi connectivity index (χ2n) is 3.72. The summed E-state index contributed by atoms with van der Waals surface area (Å²) in [6.07, 6.45) is 1.41. The van der Waals surface area contributed by atoms with Gasteiger partial charge in [0.15, 0.2) is 5.82 Å². The number of aromatic nitrogens is 2. The van der Waals surface area contributed by atoms with Gasteiger partial charge in [-0.1, -0.05) is 17.7 Å². The average Bonchev–Trinajstić information content (AvgIpc) is 2.33. The molecule has 1 aromatic carbocycles. The van der Waals surface area contributed by atoms with Crippen LogP contribution in [0.1, 0.15) is 6.92 Å². The predicted molar refractivity (Wildman–Crippen MR) is 76.1 cm³/mol. The highest BCUT2D eigenvalue weighted by Gasteiger charge is 2.05. The van der Waals surface area contributed by atoms with Crippen molar-refractivity contribution in [3.05, 3.63) is 40.8 Å². The Morgan fingerprint density at radius 3 is 2.74 bits per heavy atom. The summed E-state index contributed by atoms with van der Waals surface area (Å²) in [4.78, 5) is 18.7. The topological polar surface area (TPSA) is 66.9 Å². The maximum atomic E-state index is 11.0. The van der Waals surface area contributed by atoms with E-state index in [1.54, 1.807) is 18.2 Å². The molecule has 0 saturated carbocycles. The number of benzene rings is 1. The number of halogens is 2. The van der Waals surface area contributed by atoms with Crippen molar-refractivity contribution >= 4 is 46.3 Å². The number of nitrogens with one attached hydrogen (secondary N) is 2. The minimum Gasteiger partial charge on any atom is -0.339 e. The van der Waals surface area contributed by atoms with E-state index in [1.807, 2.05) is 6.07 Å². The average molecular weight is 297 g/mol. The van der Waals surface area contributed by atoms with E-state index < -0.39 is 0 Å². The Morgan fingerprint density at radius 1 is 1.26 bits per heavy atom. The molecule has 2 aromatic rings. The lowest BCUT2D eigenvalue weighted by Gasteiger charge is -2.09. The number of nitrogens with zero attached hydrogens (tertiary/aromatic N) is 2. The van der Waals surface area contributed by atoms with Crippen molar-refractivity contribution in [2.24, 2.45) is 0 Å². The molecule has 0 aliphatic heterocycles. The summed E-state index contributed by atoms with van der Waals surface area (Å²) in [6, 6.07) is 7.15. The molecule has 1 heterocycles. The van der Waals surface area contributed by atoms with Crippen molar-refractivity contribution in [1.82, 2.24) is 9.97 Å². The van der Waals surface area contributed by atoms with Gasteiger partial charge in [0.05, 0.1) is 6.20 Å². The Morgan fingerprint density at radius 2 is 2.00 bits per heavy atom. The fraction of sp³-hybridized carbons (Fsp3) is 0.0833. The minimum atomic E-state index is -0.139. The van der Waals surface area contributed by atoms with Crippen LogP contribution in [0.2, 0.25) is 10.3 Å². The normalized spacial score (nSPS) is 10.1. The number of carbonyl (C=O) groups excluding carboxylic acids is 1. The van der Waals surface area contributed by atoms with Gasteiger partial charge in [0.1, 0.15) is 5.02 Å². The summed E-state index contributed by atoms with van der Waals surface area (Å²) in [7, 11) is 0. The molecule has 0 aliphatic carbocycles. The molecular weight excluding hydrogens is 287 g/mol. The first-order valence-corrected chi connectivity index (χ1v) is 6.13. The van der Waals surface area contributed by atoms with Gasteiger partial charge in [0.25, 0.3) is 0 Å². The van der Waals surface area contributed by atoms with Crippen LogP contribution in [0.15, 0.2) is 30.5 Å². The molecule has 7 heteroatoms. The van der Waals surface area contributed by atoms with Crippen LogP contribution in [-0.2, 0) is 4.79 Å². The molecule has 0 unspecified atom stereocenters. The Hall–Kier alpha value is -1.85. The molecule has 0 aliphatic rings. The van der Waals surface area contributed by atoms with Gasteiger partial charge in [-0.25, -0.2) is 4.98 Å².